The van der Waals surface area contributed by atoms with Crippen LogP contribution in [0.15, 0.2) is 18.2 Å². The van der Waals surface area contributed by atoms with E-state index in [0.717, 1.165) is 37.9 Å². The molecular formula is C14H20N2O4. The number of benzene rings is 1. The van der Waals surface area contributed by atoms with Crippen molar-refractivity contribution in [2.24, 2.45) is 0 Å². The van der Waals surface area contributed by atoms with Gasteiger partial charge in [-0.25, -0.2) is 0 Å². The molecule has 6 heteroatoms. The predicted octanol–water partition coefficient (Wildman–Crippen LogP) is 1.83. The maximum atomic E-state index is 10.8. The standard InChI is InChI=1S/C14H20N2O4/c17-9-11-8-12(16(19)20)5-6-14(11)15-7-3-1-2-4-13(15)10-18/h5-6,8,13,17-18H,1-4,7,9-10H2. The van der Waals surface area contributed by atoms with Crippen molar-refractivity contribution in [3.8, 4) is 0 Å². The first kappa shape index (κ1) is 14.7. The molecule has 1 unspecified atom stereocenters. The Hall–Kier alpha value is -1.66. The minimum absolute atomic E-state index is 0.0178. The average Bonchev–Trinajstić information content (AvgIpc) is 2.71. The highest BCUT2D eigenvalue weighted by Crippen LogP contribution is 2.30. The van der Waals surface area contributed by atoms with Crippen LogP contribution in [0, 0.1) is 10.1 Å². The number of aliphatic hydroxyl groups excluding tert-OH is 2. The van der Waals surface area contributed by atoms with Crippen LogP contribution >= 0.6 is 0 Å². The van der Waals surface area contributed by atoms with Gasteiger partial charge in [-0.05, 0) is 18.9 Å². The summed E-state index contributed by atoms with van der Waals surface area (Å²) in [7, 11) is 0. The van der Waals surface area contributed by atoms with Gasteiger partial charge in [0.1, 0.15) is 0 Å². The highest BCUT2D eigenvalue weighted by atomic mass is 16.6. The molecule has 2 rings (SSSR count). The fourth-order valence-electron chi connectivity index (χ4n) is 2.78. The Morgan fingerprint density at radius 2 is 2.10 bits per heavy atom. The van der Waals surface area contributed by atoms with Crippen LogP contribution in [0.25, 0.3) is 0 Å². The van der Waals surface area contributed by atoms with Crippen LogP contribution < -0.4 is 4.90 Å². The molecule has 0 amide bonds. The molecular weight excluding hydrogens is 260 g/mol. The number of hydrogen-bond donors (Lipinski definition) is 2. The Balaban J connectivity index is 2.36. The van der Waals surface area contributed by atoms with Crippen LogP contribution in [0.1, 0.15) is 31.2 Å². The first-order valence-corrected chi connectivity index (χ1v) is 6.93. The summed E-state index contributed by atoms with van der Waals surface area (Å²) in [4.78, 5) is 12.4. The van der Waals surface area contributed by atoms with E-state index in [1.807, 2.05) is 0 Å². The summed E-state index contributed by atoms with van der Waals surface area (Å²) in [5.41, 5.74) is 1.31. The van der Waals surface area contributed by atoms with Gasteiger partial charge in [0.25, 0.3) is 5.69 Å². The summed E-state index contributed by atoms with van der Waals surface area (Å²) in [5.74, 6) is 0. The zero-order chi connectivity index (χ0) is 14.5. The second-order valence-electron chi connectivity index (χ2n) is 5.11. The van der Waals surface area contributed by atoms with Gasteiger partial charge in [-0.15, -0.1) is 0 Å². The maximum Gasteiger partial charge on any atom is 0.269 e. The highest BCUT2D eigenvalue weighted by Gasteiger charge is 2.23. The first-order chi connectivity index (χ1) is 9.67. The zero-order valence-electron chi connectivity index (χ0n) is 11.4. The molecule has 1 fully saturated rings. The van der Waals surface area contributed by atoms with Crippen molar-refractivity contribution in [2.75, 3.05) is 18.1 Å². The van der Waals surface area contributed by atoms with Crippen molar-refractivity contribution in [1.82, 2.24) is 0 Å². The number of rotatable bonds is 4. The lowest BCUT2D eigenvalue weighted by atomic mass is 10.1. The molecule has 0 radical (unpaired) electrons. The van der Waals surface area contributed by atoms with E-state index in [2.05, 4.69) is 4.90 Å². The normalized spacial score (nSPS) is 19.7. The summed E-state index contributed by atoms with van der Waals surface area (Å²) in [5, 5.41) is 29.8. The number of non-ortho nitro benzene ring substituents is 1. The monoisotopic (exact) mass is 280 g/mol. The minimum atomic E-state index is -0.463. The molecule has 2 N–H and O–H groups in total. The van der Waals surface area contributed by atoms with E-state index in [-0.39, 0.29) is 24.9 Å². The SMILES string of the molecule is O=[N+]([O-])c1ccc(N2CCCCCC2CO)c(CO)c1. The smallest absolute Gasteiger partial charge is 0.269 e. The van der Waals surface area contributed by atoms with Crippen molar-refractivity contribution in [2.45, 2.75) is 38.3 Å². The van der Waals surface area contributed by atoms with E-state index in [1.54, 1.807) is 6.07 Å². The quantitative estimate of drug-likeness (QED) is 0.649. The van der Waals surface area contributed by atoms with E-state index in [4.69, 9.17) is 0 Å². The van der Waals surface area contributed by atoms with Gasteiger partial charge in [-0.1, -0.05) is 12.8 Å². The summed E-state index contributed by atoms with van der Waals surface area (Å²) < 4.78 is 0. The fourth-order valence-corrected chi connectivity index (χ4v) is 2.78. The number of hydrogen-bond acceptors (Lipinski definition) is 5. The van der Waals surface area contributed by atoms with Crippen molar-refractivity contribution in [3.63, 3.8) is 0 Å². The minimum Gasteiger partial charge on any atom is -0.394 e. The second kappa shape index (κ2) is 6.67. The van der Waals surface area contributed by atoms with Crippen LogP contribution in [0.2, 0.25) is 0 Å². The molecule has 1 heterocycles. The van der Waals surface area contributed by atoms with Gasteiger partial charge in [-0.2, -0.15) is 0 Å². The fraction of sp³-hybridized carbons (Fsp3) is 0.571. The summed E-state index contributed by atoms with van der Waals surface area (Å²) in [6.45, 7) is 0.615. The molecule has 6 nitrogen and oxygen atoms in total. The van der Waals surface area contributed by atoms with Crippen molar-refractivity contribution >= 4 is 11.4 Å². The summed E-state index contributed by atoms with van der Waals surface area (Å²) >= 11 is 0. The number of anilines is 1. The Labute approximate surface area is 117 Å². The third kappa shape index (κ3) is 3.08. The third-order valence-corrected chi connectivity index (χ3v) is 3.84. The van der Waals surface area contributed by atoms with Gasteiger partial charge >= 0.3 is 0 Å². The summed E-state index contributed by atoms with van der Waals surface area (Å²) in [6, 6.07) is 4.56. The lowest BCUT2D eigenvalue weighted by molar-refractivity contribution is -0.384. The number of aliphatic hydroxyl groups is 2. The van der Waals surface area contributed by atoms with Crippen LogP contribution in [0.5, 0.6) is 0 Å². The highest BCUT2D eigenvalue weighted by molar-refractivity contribution is 5.58. The Kier molecular flexibility index (Phi) is 4.92. The number of nitro groups is 1. The molecule has 20 heavy (non-hydrogen) atoms. The molecule has 0 saturated carbocycles. The van der Waals surface area contributed by atoms with Crippen LogP contribution in [0.4, 0.5) is 11.4 Å². The number of nitro benzene ring substituents is 1. The van der Waals surface area contributed by atoms with Crippen molar-refractivity contribution in [3.05, 3.63) is 33.9 Å². The lowest BCUT2D eigenvalue weighted by Crippen LogP contribution is -2.38. The molecule has 0 aliphatic carbocycles. The van der Waals surface area contributed by atoms with E-state index in [1.165, 1.54) is 12.1 Å². The molecule has 110 valence electrons. The van der Waals surface area contributed by atoms with Gasteiger partial charge < -0.3 is 15.1 Å². The molecule has 1 aromatic carbocycles. The molecule has 1 aromatic rings. The maximum absolute atomic E-state index is 10.8. The first-order valence-electron chi connectivity index (χ1n) is 6.93. The van der Waals surface area contributed by atoms with Crippen LogP contribution in [0.3, 0.4) is 0 Å². The molecule has 0 aromatic heterocycles. The molecule has 1 atom stereocenters. The summed E-state index contributed by atoms with van der Waals surface area (Å²) in [6.07, 6.45) is 4.12. The zero-order valence-corrected chi connectivity index (χ0v) is 11.4. The molecule has 0 spiro atoms. The Morgan fingerprint density at radius 1 is 1.30 bits per heavy atom. The van der Waals surface area contributed by atoms with Crippen LogP contribution in [-0.4, -0.2) is 34.3 Å². The van der Waals surface area contributed by atoms with Gasteiger partial charge in [0.2, 0.25) is 0 Å². The van der Waals surface area contributed by atoms with Gasteiger partial charge in [-0.3, -0.25) is 10.1 Å². The largest absolute Gasteiger partial charge is 0.394 e. The van der Waals surface area contributed by atoms with Gasteiger partial charge in [0.05, 0.1) is 24.2 Å². The van der Waals surface area contributed by atoms with E-state index < -0.39 is 4.92 Å². The second-order valence-corrected chi connectivity index (χ2v) is 5.11. The van der Waals surface area contributed by atoms with Gasteiger partial charge in [0.15, 0.2) is 0 Å². The van der Waals surface area contributed by atoms with Crippen LogP contribution in [-0.2, 0) is 6.61 Å². The molecule has 1 saturated heterocycles. The number of nitrogens with zero attached hydrogens (tertiary/aromatic N) is 2. The molecule has 0 bridgehead atoms. The topological polar surface area (TPSA) is 86.8 Å². The average molecular weight is 280 g/mol. The third-order valence-electron chi connectivity index (χ3n) is 3.84. The van der Waals surface area contributed by atoms with E-state index >= 15 is 0 Å². The lowest BCUT2D eigenvalue weighted by Gasteiger charge is -2.32. The van der Waals surface area contributed by atoms with Gasteiger partial charge in [0, 0.05) is 29.9 Å². The Morgan fingerprint density at radius 3 is 2.75 bits per heavy atom. The predicted molar refractivity (Wildman–Crippen MR) is 75.7 cm³/mol. The Bertz CT molecular complexity index is 478. The van der Waals surface area contributed by atoms with E-state index in [9.17, 15) is 20.3 Å². The molecule has 1 aliphatic rings. The van der Waals surface area contributed by atoms with Crippen molar-refractivity contribution in [1.29, 1.82) is 0 Å². The molecule has 1 aliphatic heterocycles. The van der Waals surface area contributed by atoms with Crippen molar-refractivity contribution < 1.29 is 15.1 Å². The van der Waals surface area contributed by atoms with E-state index in [0.29, 0.717) is 5.56 Å².